The zero-order valence-electron chi connectivity index (χ0n) is 9.80. The number of rotatable bonds is 4. The third-order valence-electron chi connectivity index (χ3n) is 2.60. The van der Waals surface area contributed by atoms with E-state index >= 15 is 0 Å². The molecule has 0 saturated heterocycles. The van der Waals surface area contributed by atoms with Crippen molar-refractivity contribution in [3.8, 4) is 0 Å². The summed E-state index contributed by atoms with van der Waals surface area (Å²) in [7, 11) is 0. The molecule has 0 amide bonds. The van der Waals surface area contributed by atoms with Crippen molar-refractivity contribution >= 4 is 22.9 Å². The lowest BCUT2D eigenvalue weighted by molar-refractivity contribution is 0.547. The Bertz CT molecular complexity index is 402. The maximum atomic E-state index is 13.1. The topological polar surface area (TPSA) is 38.0 Å². The Balaban J connectivity index is 3.09. The molecule has 0 atom stereocenters. The minimum Gasteiger partial charge on any atom is -0.389 e. The highest BCUT2D eigenvalue weighted by molar-refractivity contribution is 7.80. The van der Waals surface area contributed by atoms with Crippen molar-refractivity contribution in [1.29, 1.82) is 0 Å². The van der Waals surface area contributed by atoms with Gasteiger partial charge in [-0.2, -0.15) is 0 Å². The molecule has 0 unspecified atom stereocenters. The van der Waals surface area contributed by atoms with Crippen LogP contribution in [0.1, 0.15) is 32.8 Å². The van der Waals surface area contributed by atoms with E-state index in [1.54, 1.807) is 6.07 Å². The lowest BCUT2D eigenvalue weighted by Crippen LogP contribution is -2.31. The molecule has 0 aliphatic heterocycles. The molecule has 0 aliphatic carbocycles. The number of anilines is 1. The average Bonchev–Trinajstić information content (AvgIpc) is 2.20. The molecule has 4 heteroatoms. The lowest BCUT2D eigenvalue weighted by atomic mass is 10.0. The number of thiocarbonyl (C=S) groups is 1. The van der Waals surface area contributed by atoms with E-state index in [2.05, 4.69) is 26.1 Å². The van der Waals surface area contributed by atoms with Crippen LogP contribution in [0.4, 0.5) is 10.1 Å². The van der Waals surface area contributed by atoms with Crippen LogP contribution in [0, 0.1) is 5.82 Å². The Morgan fingerprint density at radius 2 is 2.12 bits per heavy atom. The van der Waals surface area contributed by atoms with Gasteiger partial charge in [0.2, 0.25) is 0 Å². The molecular formula is C12H17FN2S. The molecule has 0 heterocycles. The summed E-state index contributed by atoms with van der Waals surface area (Å²) in [6, 6.07) is 4.42. The monoisotopic (exact) mass is 240 g/mol. The van der Waals surface area contributed by atoms with Crippen LogP contribution >= 0.6 is 12.2 Å². The van der Waals surface area contributed by atoms with Crippen LogP contribution in [0.2, 0.25) is 0 Å². The van der Waals surface area contributed by atoms with E-state index in [0.717, 1.165) is 12.1 Å². The Morgan fingerprint density at radius 3 is 2.62 bits per heavy atom. The van der Waals surface area contributed by atoms with Gasteiger partial charge in [-0.1, -0.05) is 19.1 Å². The minimum absolute atomic E-state index is 0.0721. The summed E-state index contributed by atoms with van der Waals surface area (Å²) in [5.74, 6) is -0.331. The van der Waals surface area contributed by atoms with Gasteiger partial charge in [-0.25, -0.2) is 4.39 Å². The number of benzene rings is 1. The van der Waals surface area contributed by atoms with Crippen LogP contribution in [0.25, 0.3) is 0 Å². The summed E-state index contributed by atoms with van der Waals surface area (Å²) in [5.41, 5.74) is 6.83. The molecule has 2 nitrogen and oxygen atoms in total. The molecular weight excluding hydrogens is 223 g/mol. The maximum Gasteiger partial charge on any atom is 0.124 e. The summed E-state index contributed by atoms with van der Waals surface area (Å²) in [5, 5.41) is 3.31. The second kappa shape index (κ2) is 4.78. The summed E-state index contributed by atoms with van der Waals surface area (Å²) in [6.07, 6.45) is 0.946. The van der Waals surface area contributed by atoms with Gasteiger partial charge in [-0.05, 0) is 38.5 Å². The zero-order valence-corrected chi connectivity index (χ0v) is 10.6. The van der Waals surface area contributed by atoms with E-state index in [9.17, 15) is 4.39 Å². The SMILES string of the molecule is CCC(C)(C)Nc1ccc(F)cc1C(N)=S. The molecule has 0 bridgehead atoms. The molecule has 3 N–H and O–H groups in total. The number of halogens is 1. The van der Waals surface area contributed by atoms with Gasteiger partial charge in [0.25, 0.3) is 0 Å². The van der Waals surface area contributed by atoms with Gasteiger partial charge in [0.05, 0.1) is 0 Å². The predicted molar refractivity (Wildman–Crippen MR) is 70.3 cm³/mol. The largest absolute Gasteiger partial charge is 0.389 e. The number of hydrogen-bond donors (Lipinski definition) is 2. The second-order valence-electron chi connectivity index (χ2n) is 4.42. The van der Waals surface area contributed by atoms with Crippen LogP contribution in [0.15, 0.2) is 18.2 Å². The van der Waals surface area contributed by atoms with Gasteiger partial charge in [-0.3, -0.25) is 0 Å². The van der Waals surface area contributed by atoms with Gasteiger partial charge < -0.3 is 11.1 Å². The number of hydrogen-bond acceptors (Lipinski definition) is 2. The fraction of sp³-hybridized carbons (Fsp3) is 0.417. The molecule has 0 spiro atoms. The van der Waals surface area contributed by atoms with Crippen LogP contribution in [-0.4, -0.2) is 10.5 Å². The first-order valence-electron chi connectivity index (χ1n) is 5.23. The van der Waals surface area contributed by atoms with E-state index < -0.39 is 0 Å². The van der Waals surface area contributed by atoms with E-state index in [-0.39, 0.29) is 16.3 Å². The maximum absolute atomic E-state index is 13.1. The zero-order chi connectivity index (χ0) is 12.3. The first-order valence-corrected chi connectivity index (χ1v) is 5.64. The van der Waals surface area contributed by atoms with E-state index in [4.69, 9.17) is 18.0 Å². The molecule has 0 aromatic heterocycles. The highest BCUT2D eigenvalue weighted by Gasteiger charge is 2.17. The molecule has 1 aromatic carbocycles. The molecule has 1 aromatic rings. The van der Waals surface area contributed by atoms with Crippen molar-refractivity contribution in [3.05, 3.63) is 29.6 Å². The third-order valence-corrected chi connectivity index (χ3v) is 2.82. The van der Waals surface area contributed by atoms with Crippen molar-refractivity contribution < 1.29 is 4.39 Å². The fourth-order valence-electron chi connectivity index (χ4n) is 1.28. The summed E-state index contributed by atoms with van der Waals surface area (Å²) < 4.78 is 13.1. The summed E-state index contributed by atoms with van der Waals surface area (Å²) in [4.78, 5) is 0.203. The van der Waals surface area contributed by atoms with Crippen molar-refractivity contribution in [2.45, 2.75) is 32.7 Å². The van der Waals surface area contributed by atoms with Crippen molar-refractivity contribution in [3.63, 3.8) is 0 Å². The first-order chi connectivity index (χ1) is 7.35. The van der Waals surface area contributed by atoms with Gasteiger partial charge in [0, 0.05) is 16.8 Å². The number of nitrogens with one attached hydrogen (secondary N) is 1. The fourth-order valence-corrected chi connectivity index (χ4v) is 1.45. The third kappa shape index (κ3) is 3.17. The average molecular weight is 240 g/mol. The van der Waals surface area contributed by atoms with Crippen molar-refractivity contribution in [2.75, 3.05) is 5.32 Å². The van der Waals surface area contributed by atoms with Crippen molar-refractivity contribution in [2.24, 2.45) is 5.73 Å². The quantitative estimate of drug-likeness (QED) is 0.794. The van der Waals surface area contributed by atoms with Crippen LogP contribution in [0.5, 0.6) is 0 Å². The van der Waals surface area contributed by atoms with Gasteiger partial charge in [-0.15, -0.1) is 0 Å². The van der Waals surface area contributed by atoms with Gasteiger partial charge >= 0.3 is 0 Å². The second-order valence-corrected chi connectivity index (χ2v) is 4.86. The van der Waals surface area contributed by atoms with Crippen LogP contribution in [0.3, 0.4) is 0 Å². The number of nitrogens with two attached hydrogens (primary N) is 1. The normalized spacial score (nSPS) is 11.2. The summed E-state index contributed by atoms with van der Waals surface area (Å²) >= 11 is 4.91. The minimum atomic E-state index is -0.331. The first kappa shape index (κ1) is 12.9. The van der Waals surface area contributed by atoms with E-state index in [0.29, 0.717) is 5.56 Å². The Morgan fingerprint density at radius 1 is 1.50 bits per heavy atom. The molecule has 0 aliphatic rings. The molecule has 16 heavy (non-hydrogen) atoms. The predicted octanol–water partition coefficient (Wildman–Crippen LogP) is 3.06. The Hall–Kier alpha value is -1.16. The highest BCUT2D eigenvalue weighted by Crippen LogP contribution is 2.22. The van der Waals surface area contributed by atoms with E-state index in [1.165, 1.54) is 12.1 Å². The summed E-state index contributed by atoms with van der Waals surface area (Å²) in [6.45, 7) is 6.22. The van der Waals surface area contributed by atoms with Gasteiger partial charge in [0.1, 0.15) is 10.8 Å². The molecule has 88 valence electrons. The Kier molecular flexibility index (Phi) is 3.86. The van der Waals surface area contributed by atoms with Crippen LogP contribution < -0.4 is 11.1 Å². The standard InChI is InChI=1S/C12H17FN2S/c1-4-12(2,3)15-10-6-5-8(13)7-9(10)11(14)16/h5-7,15H,4H2,1-3H3,(H2,14,16). The molecule has 0 fully saturated rings. The van der Waals surface area contributed by atoms with E-state index in [1.807, 2.05) is 0 Å². The molecule has 0 saturated carbocycles. The lowest BCUT2D eigenvalue weighted by Gasteiger charge is -2.27. The van der Waals surface area contributed by atoms with Gasteiger partial charge in [0.15, 0.2) is 0 Å². The van der Waals surface area contributed by atoms with Crippen molar-refractivity contribution in [1.82, 2.24) is 0 Å². The highest BCUT2D eigenvalue weighted by atomic mass is 32.1. The van der Waals surface area contributed by atoms with Crippen LogP contribution in [-0.2, 0) is 0 Å². The molecule has 0 radical (unpaired) electrons. The smallest absolute Gasteiger partial charge is 0.124 e. The Labute approximate surface area is 101 Å². The molecule has 1 rings (SSSR count).